The third kappa shape index (κ3) is 4.69. The van der Waals surface area contributed by atoms with Gasteiger partial charge in [-0.05, 0) is 48.5 Å². The fraction of sp³-hybridized carbons (Fsp3) is 0.120. The third-order valence-electron chi connectivity index (χ3n) is 5.37. The molecule has 166 valence electrons. The Kier molecular flexibility index (Phi) is 5.98. The summed E-state index contributed by atoms with van der Waals surface area (Å²) in [5.41, 5.74) is 3.35. The molecule has 5 nitrogen and oxygen atoms in total. The second-order valence-corrected chi connectivity index (χ2v) is 8.85. The minimum Gasteiger partial charge on any atom is -0.467 e. The van der Waals surface area contributed by atoms with Crippen LogP contribution >= 0.6 is 22.9 Å². The fourth-order valence-electron chi connectivity index (χ4n) is 3.64. The van der Waals surface area contributed by atoms with E-state index in [4.69, 9.17) is 21.0 Å². The Morgan fingerprint density at radius 2 is 1.91 bits per heavy atom. The van der Waals surface area contributed by atoms with Crippen LogP contribution < -0.4 is 0 Å². The Bertz CT molecular complexity index is 1380. The molecule has 0 fully saturated rings. The molecule has 5 aromatic rings. The van der Waals surface area contributed by atoms with E-state index < -0.39 is 0 Å². The summed E-state index contributed by atoms with van der Waals surface area (Å²) in [5.74, 6) is 0.139. The normalized spacial score (nSPS) is 11.2. The number of halogens is 2. The van der Waals surface area contributed by atoms with Gasteiger partial charge >= 0.3 is 0 Å². The summed E-state index contributed by atoms with van der Waals surface area (Å²) in [4.78, 5) is 20.5. The summed E-state index contributed by atoms with van der Waals surface area (Å²) in [5, 5.41) is 2.74. The van der Waals surface area contributed by atoms with Gasteiger partial charge in [-0.15, -0.1) is 11.3 Å². The minimum atomic E-state index is -0.374. The van der Waals surface area contributed by atoms with Crippen molar-refractivity contribution in [3.05, 3.63) is 106 Å². The van der Waals surface area contributed by atoms with Crippen molar-refractivity contribution in [2.45, 2.75) is 13.0 Å². The van der Waals surface area contributed by atoms with Gasteiger partial charge in [0.1, 0.15) is 11.6 Å². The van der Waals surface area contributed by atoms with Crippen molar-refractivity contribution in [1.82, 2.24) is 14.3 Å². The summed E-state index contributed by atoms with van der Waals surface area (Å²) >= 11 is 7.56. The molecule has 2 aromatic carbocycles. The lowest BCUT2D eigenvalue weighted by Crippen LogP contribution is -2.32. The number of amides is 1. The van der Waals surface area contributed by atoms with Crippen molar-refractivity contribution in [2.75, 3.05) is 6.54 Å². The van der Waals surface area contributed by atoms with Crippen LogP contribution in [0.5, 0.6) is 0 Å². The third-order valence-corrected chi connectivity index (χ3v) is 6.51. The summed E-state index contributed by atoms with van der Waals surface area (Å²) in [6.07, 6.45) is 4.22. The number of hydrogen-bond donors (Lipinski definition) is 0. The van der Waals surface area contributed by atoms with E-state index in [9.17, 15) is 9.18 Å². The Morgan fingerprint density at radius 3 is 2.64 bits per heavy atom. The number of aromatic nitrogens is 2. The molecule has 8 heteroatoms. The molecular formula is C25H19ClFN3O2S. The van der Waals surface area contributed by atoms with Crippen molar-refractivity contribution in [3.8, 4) is 11.3 Å². The summed E-state index contributed by atoms with van der Waals surface area (Å²) < 4.78 is 20.8. The van der Waals surface area contributed by atoms with E-state index in [2.05, 4.69) is 9.78 Å². The van der Waals surface area contributed by atoms with Crippen molar-refractivity contribution < 1.29 is 13.6 Å². The van der Waals surface area contributed by atoms with Crippen LogP contribution in [-0.4, -0.2) is 26.7 Å². The van der Waals surface area contributed by atoms with Gasteiger partial charge in [-0.1, -0.05) is 23.7 Å². The lowest BCUT2D eigenvalue weighted by atomic mass is 10.1. The number of rotatable bonds is 7. The molecule has 3 aromatic heterocycles. The second kappa shape index (κ2) is 9.21. The number of fused-ring (bicyclic) bond motifs is 1. The molecule has 0 aliphatic heterocycles. The van der Waals surface area contributed by atoms with Crippen molar-refractivity contribution >= 4 is 33.8 Å². The van der Waals surface area contributed by atoms with E-state index in [0.717, 1.165) is 21.9 Å². The number of hydrogen-bond acceptors (Lipinski definition) is 4. The molecule has 5 rings (SSSR count). The van der Waals surface area contributed by atoms with Crippen LogP contribution in [0.25, 0.3) is 16.2 Å². The van der Waals surface area contributed by atoms with Gasteiger partial charge in [0.2, 0.25) is 0 Å². The van der Waals surface area contributed by atoms with E-state index in [1.807, 2.05) is 36.5 Å². The Labute approximate surface area is 198 Å². The van der Waals surface area contributed by atoms with Crippen LogP contribution in [0.3, 0.4) is 0 Å². The molecular weight excluding hydrogens is 461 g/mol. The molecule has 0 bridgehead atoms. The van der Waals surface area contributed by atoms with Crippen molar-refractivity contribution in [1.29, 1.82) is 0 Å². The zero-order valence-electron chi connectivity index (χ0n) is 17.4. The van der Waals surface area contributed by atoms with Crippen LogP contribution in [0.2, 0.25) is 5.02 Å². The first-order chi connectivity index (χ1) is 16.1. The monoisotopic (exact) mass is 479 g/mol. The average Bonchev–Trinajstić information content (AvgIpc) is 3.56. The van der Waals surface area contributed by atoms with Gasteiger partial charge in [0, 0.05) is 46.4 Å². The molecule has 0 saturated carbocycles. The summed E-state index contributed by atoms with van der Waals surface area (Å²) in [7, 11) is 0. The molecule has 3 heterocycles. The van der Waals surface area contributed by atoms with Gasteiger partial charge in [-0.2, -0.15) is 0 Å². The fourth-order valence-corrected chi connectivity index (χ4v) is 4.67. The van der Waals surface area contributed by atoms with Gasteiger partial charge in [-0.25, -0.2) is 9.37 Å². The number of imidazole rings is 1. The van der Waals surface area contributed by atoms with E-state index in [1.165, 1.54) is 24.3 Å². The molecule has 0 aliphatic rings. The van der Waals surface area contributed by atoms with Crippen LogP contribution in [0, 0.1) is 5.82 Å². The Hall–Kier alpha value is -3.42. The molecule has 0 spiro atoms. The van der Waals surface area contributed by atoms with E-state index in [1.54, 1.807) is 28.6 Å². The molecule has 0 radical (unpaired) electrons. The van der Waals surface area contributed by atoms with Gasteiger partial charge < -0.3 is 9.32 Å². The number of carbonyl (C=O) groups excluding carboxylic acids is 1. The predicted octanol–water partition coefficient (Wildman–Crippen LogP) is 6.33. The van der Waals surface area contributed by atoms with Crippen LogP contribution in [-0.2, 0) is 13.0 Å². The highest BCUT2D eigenvalue weighted by atomic mass is 35.5. The number of furan rings is 1. The standard InChI is InChI=1S/C25H19ClFN3O2S/c26-19-7-3-17(4-8-19)23-15-30-21(16-33-25(30)28-23)11-12-29(14-22-2-1-13-32-22)24(31)18-5-9-20(27)10-6-18/h1-10,13,15-16H,11-12,14H2. The van der Waals surface area contributed by atoms with Gasteiger partial charge in [0.25, 0.3) is 5.91 Å². The molecule has 0 aliphatic carbocycles. The predicted molar refractivity (Wildman–Crippen MR) is 127 cm³/mol. The first-order valence-electron chi connectivity index (χ1n) is 10.4. The van der Waals surface area contributed by atoms with Crippen LogP contribution in [0.15, 0.2) is 82.9 Å². The highest BCUT2D eigenvalue weighted by Gasteiger charge is 2.19. The first-order valence-corrected chi connectivity index (χ1v) is 11.6. The van der Waals surface area contributed by atoms with E-state index >= 15 is 0 Å². The average molecular weight is 480 g/mol. The van der Waals surface area contributed by atoms with E-state index in [0.29, 0.717) is 35.9 Å². The lowest BCUT2D eigenvalue weighted by molar-refractivity contribution is 0.0733. The van der Waals surface area contributed by atoms with Gasteiger partial charge in [-0.3, -0.25) is 9.20 Å². The lowest BCUT2D eigenvalue weighted by Gasteiger charge is -2.21. The number of thiazole rings is 1. The zero-order chi connectivity index (χ0) is 22.8. The molecule has 33 heavy (non-hydrogen) atoms. The maximum absolute atomic E-state index is 13.3. The second-order valence-electron chi connectivity index (χ2n) is 7.58. The maximum Gasteiger partial charge on any atom is 0.254 e. The quantitative estimate of drug-likeness (QED) is 0.274. The Morgan fingerprint density at radius 1 is 1.12 bits per heavy atom. The minimum absolute atomic E-state index is 0.176. The molecule has 0 atom stereocenters. The molecule has 1 amide bonds. The van der Waals surface area contributed by atoms with Crippen molar-refractivity contribution in [2.24, 2.45) is 0 Å². The molecule has 0 saturated heterocycles. The zero-order valence-corrected chi connectivity index (χ0v) is 19.0. The topological polar surface area (TPSA) is 50.8 Å². The number of carbonyl (C=O) groups is 1. The molecule has 0 unspecified atom stereocenters. The van der Waals surface area contributed by atoms with Gasteiger partial charge in [0.15, 0.2) is 4.96 Å². The first kappa shape index (κ1) is 21.4. The highest BCUT2D eigenvalue weighted by molar-refractivity contribution is 7.15. The van der Waals surface area contributed by atoms with Crippen LogP contribution in [0.1, 0.15) is 21.8 Å². The number of benzene rings is 2. The van der Waals surface area contributed by atoms with Crippen molar-refractivity contribution in [3.63, 3.8) is 0 Å². The summed E-state index contributed by atoms with van der Waals surface area (Å²) in [6.45, 7) is 0.799. The highest BCUT2D eigenvalue weighted by Crippen LogP contribution is 2.25. The Balaban J connectivity index is 1.37. The molecule has 0 N–H and O–H groups in total. The largest absolute Gasteiger partial charge is 0.467 e. The number of nitrogens with zero attached hydrogens (tertiary/aromatic N) is 3. The van der Waals surface area contributed by atoms with E-state index in [-0.39, 0.29) is 11.7 Å². The van der Waals surface area contributed by atoms with Crippen LogP contribution in [0.4, 0.5) is 4.39 Å². The SMILES string of the molecule is O=C(c1ccc(F)cc1)N(CCc1csc2nc(-c3ccc(Cl)cc3)cn12)Cc1ccco1. The smallest absolute Gasteiger partial charge is 0.254 e. The maximum atomic E-state index is 13.3. The summed E-state index contributed by atoms with van der Waals surface area (Å²) in [6, 6.07) is 16.8. The van der Waals surface area contributed by atoms with Gasteiger partial charge in [0.05, 0.1) is 18.5 Å².